The Morgan fingerprint density at radius 1 is 0.500 bits per heavy atom. The Labute approximate surface area is 166 Å². The van der Waals surface area contributed by atoms with Gasteiger partial charge in [0.1, 0.15) is 17.2 Å². The molecule has 0 bridgehead atoms. The number of hydrogen-bond donors (Lipinski definition) is 3. The van der Waals surface area contributed by atoms with E-state index < -0.39 is 0 Å². The Morgan fingerprint density at radius 3 is 1.46 bits per heavy atom. The van der Waals surface area contributed by atoms with Crippen LogP contribution in [0.5, 0.6) is 17.2 Å². The van der Waals surface area contributed by atoms with Gasteiger partial charge in [0.25, 0.3) is 0 Å². The Kier molecular flexibility index (Phi) is 5.37. The highest BCUT2D eigenvalue weighted by molar-refractivity contribution is 5.52. The molecule has 0 radical (unpaired) electrons. The zero-order chi connectivity index (χ0) is 20.6. The van der Waals surface area contributed by atoms with E-state index in [1.807, 2.05) is 45.9 Å². The van der Waals surface area contributed by atoms with Gasteiger partial charge in [0.15, 0.2) is 0 Å². The molecule has 3 nitrogen and oxygen atoms in total. The molecular formula is C25H28O3. The molecule has 0 unspecified atom stereocenters. The van der Waals surface area contributed by atoms with Crippen LogP contribution >= 0.6 is 0 Å². The molecule has 0 aliphatic heterocycles. The lowest BCUT2D eigenvalue weighted by molar-refractivity contribution is 0.467. The minimum absolute atomic E-state index is 0.291. The fraction of sp³-hybridized carbons (Fsp3) is 0.280. The van der Waals surface area contributed by atoms with Crippen LogP contribution in [0.2, 0.25) is 0 Å². The summed E-state index contributed by atoms with van der Waals surface area (Å²) in [6, 6.07) is 11.3. The molecule has 0 aliphatic rings. The summed E-state index contributed by atoms with van der Waals surface area (Å²) >= 11 is 0. The molecule has 3 rings (SSSR count). The molecule has 0 aromatic heterocycles. The first-order valence-electron chi connectivity index (χ1n) is 9.56. The zero-order valence-corrected chi connectivity index (χ0v) is 17.2. The number of benzene rings is 3. The van der Waals surface area contributed by atoms with Gasteiger partial charge in [0.2, 0.25) is 0 Å². The van der Waals surface area contributed by atoms with E-state index in [1.54, 1.807) is 18.2 Å². The molecule has 0 aliphatic carbocycles. The SMILES string of the molecule is Cc1cc(Cc2c(C)ccc(O)c2Cc2cc(C)c(O)cc2C)c(C)cc1O. The molecule has 0 amide bonds. The Hall–Kier alpha value is -2.94. The molecule has 3 N–H and O–H groups in total. The molecule has 3 aromatic rings. The maximum Gasteiger partial charge on any atom is 0.119 e. The highest BCUT2D eigenvalue weighted by Crippen LogP contribution is 2.33. The van der Waals surface area contributed by atoms with Gasteiger partial charge < -0.3 is 15.3 Å². The van der Waals surface area contributed by atoms with Gasteiger partial charge in [-0.15, -0.1) is 0 Å². The van der Waals surface area contributed by atoms with Gasteiger partial charge in [-0.25, -0.2) is 0 Å². The van der Waals surface area contributed by atoms with Gasteiger partial charge in [-0.3, -0.25) is 0 Å². The third-order valence-corrected chi connectivity index (χ3v) is 5.68. The van der Waals surface area contributed by atoms with Crippen LogP contribution in [0.3, 0.4) is 0 Å². The summed E-state index contributed by atoms with van der Waals surface area (Å²) in [5, 5.41) is 30.6. The van der Waals surface area contributed by atoms with E-state index in [9.17, 15) is 15.3 Å². The van der Waals surface area contributed by atoms with Crippen molar-refractivity contribution in [2.24, 2.45) is 0 Å². The summed E-state index contributed by atoms with van der Waals surface area (Å²) in [5.74, 6) is 0.897. The summed E-state index contributed by atoms with van der Waals surface area (Å²) in [6.07, 6.45) is 1.30. The van der Waals surface area contributed by atoms with Crippen LogP contribution in [-0.2, 0) is 12.8 Å². The van der Waals surface area contributed by atoms with Crippen molar-refractivity contribution in [2.75, 3.05) is 0 Å². The van der Waals surface area contributed by atoms with Crippen molar-refractivity contribution < 1.29 is 15.3 Å². The summed E-state index contributed by atoms with van der Waals surface area (Å²) in [4.78, 5) is 0. The number of hydrogen-bond acceptors (Lipinski definition) is 3. The van der Waals surface area contributed by atoms with E-state index in [-0.39, 0.29) is 0 Å². The third-order valence-electron chi connectivity index (χ3n) is 5.68. The highest BCUT2D eigenvalue weighted by atomic mass is 16.3. The molecule has 28 heavy (non-hydrogen) atoms. The maximum absolute atomic E-state index is 10.6. The van der Waals surface area contributed by atoms with Gasteiger partial charge in [-0.05, 0) is 104 Å². The van der Waals surface area contributed by atoms with E-state index in [4.69, 9.17) is 0 Å². The van der Waals surface area contributed by atoms with Crippen LogP contribution in [0.4, 0.5) is 0 Å². The lowest BCUT2D eigenvalue weighted by atomic mass is 9.88. The molecule has 0 saturated carbocycles. The fourth-order valence-electron chi connectivity index (χ4n) is 3.72. The number of aromatic hydroxyl groups is 3. The maximum atomic E-state index is 10.6. The second kappa shape index (κ2) is 7.59. The van der Waals surface area contributed by atoms with Crippen molar-refractivity contribution in [2.45, 2.75) is 47.5 Å². The van der Waals surface area contributed by atoms with E-state index in [0.717, 1.165) is 50.1 Å². The fourth-order valence-corrected chi connectivity index (χ4v) is 3.72. The molecule has 146 valence electrons. The van der Waals surface area contributed by atoms with E-state index in [0.29, 0.717) is 30.1 Å². The normalized spacial score (nSPS) is 11.0. The van der Waals surface area contributed by atoms with Crippen molar-refractivity contribution in [3.8, 4) is 17.2 Å². The summed E-state index contributed by atoms with van der Waals surface area (Å²) in [5.41, 5.74) is 9.12. The molecule has 0 spiro atoms. The second-order valence-corrected chi connectivity index (χ2v) is 7.84. The van der Waals surface area contributed by atoms with Crippen molar-refractivity contribution in [1.29, 1.82) is 0 Å². The standard InChI is InChI=1S/C25H28O3/c1-14-6-7-23(26)22(13-20-9-18(5)25(28)11-16(20)3)21(14)12-19-8-17(4)24(27)10-15(19)2/h6-11,26-28H,12-13H2,1-5H3. The summed E-state index contributed by atoms with van der Waals surface area (Å²) in [6.45, 7) is 9.83. The van der Waals surface area contributed by atoms with Crippen molar-refractivity contribution >= 4 is 0 Å². The van der Waals surface area contributed by atoms with Crippen molar-refractivity contribution in [3.63, 3.8) is 0 Å². The molecule has 0 saturated heterocycles. The van der Waals surface area contributed by atoms with Crippen LogP contribution in [0.25, 0.3) is 0 Å². The van der Waals surface area contributed by atoms with Gasteiger partial charge in [0, 0.05) is 12.0 Å². The number of phenolic OH excluding ortho intramolecular Hbond substituents is 3. The number of phenols is 3. The second-order valence-electron chi connectivity index (χ2n) is 7.84. The van der Waals surface area contributed by atoms with Crippen LogP contribution in [0, 0.1) is 34.6 Å². The van der Waals surface area contributed by atoms with Gasteiger partial charge in [-0.2, -0.15) is 0 Å². The molecule has 3 aromatic carbocycles. The van der Waals surface area contributed by atoms with Crippen LogP contribution < -0.4 is 0 Å². The average molecular weight is 376 g/mol. The van der Waals surface area contributed by atoms with E-state index >= 15 is 0 Å². The molecule has 0 fully saturated rings. The molecular weight excluding hydrogens is 348 g/mol. The lowest BCUT2D eigenvalue weighted by Crippen LogP contribution is -2.03. The summed E-state index contributed by atoms with van der Waals surface area (Å²) in [7, 11) is 0. The predicted molar refractivity (Wildman–Crippen MR) is 114 cm³/mol. The first-order valence-corrected chi connectivity index (χ1v) is 9.56. The van der Waals surface area contributed by atoms with Crippen molar-refractivity contribution in [3.05, 3.63) is 86.5 Å². The van der Waals surface area contributed by atoms with Gasteiger partial charge >= 0.3 is 0 Å². The first-order chi connectivity index (χ1) is 13.2. The van der Waals surface area contributed by atoms with Crippen LogP contribution in [0.15, 0.2) is 36.4 Å². The van der Waals surface area contributed by atoms with Crippen molar-refractivity contribution in [1.82, 2.24) is 0 Å². The predicted octanol–water partition coefficient (Wildman–Crippen LogP) is 5.53. The first kappa shape index (κ1) is 19.8. The summed E-state index contributed by atoms with van der Waals surface area (Å²) < 4.78 is 0. The Morgan fingerprint density at radius 2 is 0.964 bits per heavy atom. The molecule has 0 atom stereocenters. The van der Waals surface area contributed by atoms with E-state index in [2.05, 4.69) is 6.92 Å². The molecule has 3 heteroatoms. The van der Waals surface area contributed by atoms with Crippen LogP contribution in [0.1, 0.15) is 50.1 Å². The smallest absolute Gasteiger partial charge is 0.119 e. The number of aryl methyl sites for hydroxylation is 5. The lowest BCUT2D eigenvalue weighted by Gasteiger charge is -2.18. The Bertz CT molecular complexity index is 964. The quantitative estimate of drug-likeness (QED) is 0.561. The largest absolute Gasteiger partial charge is 0.508 e. The van der Waals surface area contributed by atoms with Gasteiger partial charge in [-0.1, -0.05) is 18.2 Å². The Balaban J connectivity index is 2.08. The monoisotopic (exact) mass is 376 g/mol. The topological polar surface area (TPSA) is 60.7 Å². The minimum Gasteiger partial charge on any atom is -0.508 e. The molecule has 0 heterocycles. The number of rotatable bonds is 4. The average Bonchev–Trinajstić information content (AvgIpc) is 2.62. The highest BCUT2D eigenvalue weighted by Gasteiger charge is 2.16. The van der Waals surface area contributed by atoms with E-state index in [1.165, 1.54) is 0 Å². The van der Waals surface area contributed by atoms with Crippen LogP contribution in [-0.4, -0.2) is 15.3 Å². The minimum atomic E-state index is 0.291. The zero-order valence-electron chi connectivity index (χ0n) is 17.2. The van der Waals surface area contributed by atoms with Gasteiger partial charge in [0.05, 0.1) is 0 Å². The third kappa shape index (κ3) is 3.84.